The van der Waals surface area contributed by atoms with Crippen molar-refractivity contribution >= 4 is 18.0 Å². The monoisotopic (exact) mass is 464 g/mol. The zero-order valence-corrected chi connectivity index (χ0v) is 18.8. The van der Waals surface area contributed by atoms with E-state index in [9.17, 15) is 19.5 Å². The van der Waals surface area contributed by atoms with Crippen LogP contribution >= 0.6 is 0 Å². The molecule has 0 bridgehead atoms. The van der Waals surface area contributed by atoms with Crippen molar-refractivity contribution < 1.29 is 29.0 Å². The summed E-state index contributed by atoms with van der Waals surface area (Å²) in [6.07, 6.45) is 2.06. The van der Waals surface area contributed by atoms with Crippen molar-refractivity contribution in [1.82, 2.24) is 10.6 Å². The summed E-state index contributed by atoms with van der Waals surface area (Å²) in [6.45, 7) is 0.322. The van der Waals surface area contributed by atoms with Crippen LogP contribution in [0, 0.1) is 5.92 Å². The minimum Gasteiger partial charge on any atom is -0.479 e. The fraction of sp³-hybridized carbons (Fsp3) is 0.423. The average Bonchev–Trinajstić information content (AvgIpc) is 3.40. The number of amides is 2. The Bertz CT molecular complexity index is 1060. The van der Waals surface area contributed by atoms with Gasteiger partial charge >= 0.3 is 12.1 Å². The summed E-state index contributed by atoms with van der Waals surface area (Å²) >= 11 is 0. The van der Waals surface area contributed by atoms with Crippen molar-refractivity contribution in [3.63, 3.8) is 0 Å². The fourth-order valence-electron chi connectivity index (χ4n) is 5.14. The van der Waals surface area contributed by atoms with Gasteiger partial charge in [0.2, 0.25) is 5.91 Å². The highest BCUT2D eigenvalue weighted by Crippen LogP contribution is 2.44. The average molecular weight is 465 g/mol. The highest BCUT2D eigenvalue weighted by atomic mass is 16.5. The Hall–Kier alpha value is -3.39. The number of nitrogens with one attached hydrogen (secondary N) is 2. The van der Waals surface area contributed by atoms with Crippen LogP contribution in [0.3, 0.4) is 0 Å². The molecule has 2 atom stereocenters. The number of benzene rings is 2. The van der Waals surface area contributed by atoms with Gasteiger partial charge < -0.3 is 25.2 Å². The summed E-state index contributed by atoms with van der Waals surface area (Å²) in [5.74, 6) is -1.77. The van der Waals surface area contributed by atoms with Crippen LogP contribution in [-0.2, 0) is 19.1 Å². The number of aliphatic carboxylic acids is 1. The van der Waals surface area contributed by atoms with E-state index in [0.717, 1.165) is 41.5 Å². The van der Waals surface area contributed by atoms with Crippen LogP contribution in [0.2, 0.25) is 0 Å². The number of carbonyl (C=O) groups is 3. The van der Waals surface area contributed by atoms with Gasteiger partial charge in [0.15, 0.2) is 5.54 Å². The number of rotatable bonds is 7. The summed E-state index contributed by atoms with van der Waals surface area (Å²) < 4.78 is 10.8. The van der Waals surface area contributed by atoms with Crippen molar-refractivity contribution in [3.8, 4) is 11.1 Å². The van der Waals surface area contributed by atoms with Crippen LogP contribution < -0.4 is 10.6 Å². The largest absolute Gasteiger partial charge is 0.479 e. The molecule has 178 valence electrons. The minimum atomic E-state index is -1.46. The third-order valence-electron chi connectivity index (χ3n) is 7.31. The molecule has 1 heterocycles. The Labute approximate surface area is 197 Å². The number of carboxylic acid groups (broad SMARTS) is 1. The molecule has 2 aliphatic carbocycles. The van der Waals surface area contributed by atoms with Gasteiger partial charge in [0.05, 0.1) is 6.61 Å². The predicted molar refractivity (Wildman–Crippen MR) is 123 cm³/mol. The normalized spacial score (nSPS) is 22.2. The Morgan fingerprint density at radius 1 is 1.06 bits per heavy atom. The molecule has 2 amide bonds. The Balaban J connectivity index is 1.26. The first-order valence-electron chi connectivity index (χ1n) is 11.7. The first kappa shape index (κ1) is 22.4. The maximum atomic E-state index is 13.1. The van der Waals surface area contributed by atoms with Gasteiger partial charge in [0, 0.05) is 18.9 Å². The van der Waals surface area contributed by atoms with E-state index in [1.54, 1.807) is 0 Å². The highest BCUT2D eigenvalue weighted by molar-refractivity contribution is 5.92. The van der Waals surface area contributed by atoms with Crippen molar-refractivity contribution in [1.29, 1.82) is 0 Å². The van der Waals surface area contributed by atoms with E-state index in [4.69, 9.17) is 9.47 Å². The Kier molecular flexibility index (Phi) is 6.00. The molecule has 34 heavy (non-hydrogen) atoms. The van der Waals surface area contributed by atoms with Crippen LogP contribution in [0.15, 0.2) is 48.5 Å². The third-order valence-corrected chi connectivity index (χ3v) is 7.31. The van der Waals surface area contributed by atoms with Crippen molar-refractivity contribution in [3.05, 3.63) is 59.7 Å². The molecule has 1 aliphatic heterocycles. The van der Waals surface area contributed by atoms with Crippen LogP contribution in [0.1, 0.15) is 42.7 Å². The number of hydrogen-bond donors (Lipinski definition) is 3. The highest BCUT2D eigenvalue weighted by Gasteiger charge is 2.46. The molecule has 1 saturated carbocycles. The molecular formula is C26H28N2O6. The summed E-state index contributed by atoms with van der Waals surface area (Å²) in [6, 6.07) is 15.3. The summed E-state index contributed by atoms with van der Waals surface area (Å²) in [7, 11) is 0. The molecule has 3 aliphatic rings. The molecule has 1 saturated heterocycles. The van der Waals surface area contributed by atoms with Crippen molar-refractivity contribution in [2.24, 2.45) is 5.92 Å². The van der Waals surface area contributed by atoms with Crippen LogP contribution in [0.4, 0.5) is 4.79 Å². The van der Waals surface area contributed by atoms with Gasteiger partial charge in [-0.3, -0.25) is 4.79 Å². The molecule has 2 unspecified atom stereocenters. The molecule has 5 rings (SSSR count). The zero-order chi connectivity index (χ0) is 23.7. The summed E-state index contributed by atoms with van der Waals surface area (Å²) in [4.78, 5) is 37.6. The molecule has 8 heteroatoms. The second-order valence-electron chi connectivity index (χ2n) is 9.32. The summed E-state index contributed by atoms with van der Waals surface area (Å²) in [5.41, 5.74) is 3.03. The van der Waals surface area contributed by atoms with Gasteiger partial charge in [-0.05, 0) is 41.0 Å². The second kappa shape index (κ2) is 9.10. The molecule has 8 nitrogen and oxygen atoms in total. The minimum absolute atomic E-state index is 0.0475. The Morgan fingerprint density at radius 3 is 2.24 bits per heavy atom. The number of fused-ring (bicyclic) bond motifs is 3. The van der Waals surface area contributed by atoms with E-state index in [0.29, 0.717) is 0 Å². The van der Waals surface area contributed by atoms with Gasteiger partial charge in [0.25, 0.3) is 0 Å². The number of alkyl carbamates (subject to hydrolysis) is 1. The van der Waals surface area contributed by atoms with E-state index in [1.807, 2.05) is 36.4 Å². The van der Waals surface area contributed by atoms with E-state index >= 15 is 0 Å². The predicted octanol–water partition coefficient (Wildman–Crippen LogP) is 3.05. The number of hydrogen-bond acceptors (Lipinski definition) is 5. The molecule has 0 aromatic heterocycles. The van der Waals surface area contributed by atoms with E-state index in [1.165, 1.54) is 0 Å². The maximum Gasteiger partial charge on any atom is 0.407 e. The SMILES string of the molecule is O=C(NC(C(=O)NC1(C(=O)O)CCOC1)C1CCC1)OCC1c2ccccc2-c2ccccc21. The Morgan fingerprint density at radius 2 is 1.71 bits per heavy atom. The molecule has 3 N–H and O–H groups in total. The van der Waals surface area contributed by atoms with Crippen LogP contribution in [-0.4, -0.2) is 54.5 Å². The topological polar surface area (TPSA) is 114 Å². The molecule has 2 aromatic rings. The molecule has 0 radical (unpaired) electrons. The molecular weight excluding hydrogens is 436 g/mol. The van der Waals surface area contributed by atoms with Crippen LogP contribution in [0.5, 0.6) is 0 Å². The summed E-state index contributed by atoms with van der Waals surface area (Å²) in [5, 5.41) is 15.0. The van der Waals surface area contributed by atoms with Gasteiger partial charge in [-0.2, -0.15) is 0 Å². The first-order valence-corrected chi connectivity index (χ1v) is 11.7. The quantitative estimate of drug-likeness (QED) is 0.580. The number of carbonyl (C=O) groups excluding carboxylic acids is 2. The lowest BCUT2D eigenvalue weighted by atomic mass is 9.79. The lowest BCUT2D eigenvalue weighted by Crippen LogP contribution is -2.62. The van der Waals surface area contributed by atoms with E-state index in [2.05, 4.69) is 22.8 Å². The van der Waals surface area contributed by atoms with Gasteiger partial charge in [-0.25, -0.2) is 9.59 Å². The van der Waals surface area contributed by atoms with E-state index in [-0.39, 0.29) is 38.1 Å². The number of ether oxygens (including phenoxy) is 2. The smallest absolute Gasteiger partial charge is 0.407 e. The van der Waals surface area contributed by atoms with Gasteiger partial charge in [-0.1, -0.05) is 55.0 Å². The fourth-order valence-corrected chi connectivity index (χ4v) is 5.14. The molecule has 2 fully saturated rings. The van der Waals surface area contributed by atoms with Gasteiger partial charge in [0.1, 0.15) is 12.6 Å². The number of carboxylic acids is 1. The second-order valence-corrected chi connectivity index (χ2v) is 9.32. The van der Waals surface area contributed by atoms with Crippen molar-refractivity contribution in [2.75, 3.05) is 19.8 Å². The van der Waals surface area contributed by atoms with Gasteiger partial charge in [-0.15, -0.1) is 0 Å². The lowest BCUT2D eigenvalue weighted by molar-refractivity contribution is -0.148. The van der Waals surface area contributed by atoms with Crippen molar-refractivity contribution in [2.45, 2.75) is 43.2 Å². The lowest BCUT2D eigenvalue weighted by Gasteiger charge is -2.35. The zero-order valence-electron chi connectivity index (χ0n) is 18.8. The third kappa shape index (κ3) is 4.03. The van der Waals surface area contributed by atoms with E-state index < -0.39 is 29.6 Å². The molecule has 0 spiro atoms. The van der Waals surface area contributed by atoms with Crippen LogP contribution in [0.25, 0.3) is 11.1 Å². The standard InChI is InChI=1S/C26H28N2O6/c29-23(28-26(24(30)31)12-13-33-15-26)22(16-6-5-7-16)27-25(32)34-14-21-19-10-3-1-8-17(19)18-9-2-4-11-20(18)21/h1-4,8-11,16,21-22H,5-7,12-15H2,(H,27,32)(H,28,29)(H,30,31). The molecule has 2 aromatic carbocycles. The first-order chi connectivity index (χ1) is 16.5. The maximum absolute atomic E-state index is 13.1.